The standard InChI is InChI=1S/C9H12FNO.ClH/c1-2-8(11)6-3-4-9(12)7(10)5-6;/h3-5,8,12H,2,11H2,1H3;1H/t8-;/m1./s1. The third kappa shape index (κ3) is 2.86. The third-order valence-electron chi connectivity index (χ3n) is 1.84. The molecule has 13 heavy (non-hydrogen) atoms. The first-order valence-corrected chi connectivity index (χ1v) is 3.89. The quantitative estimate of drug-likeness (QED) is 0.779. The van der Waals surface area contributed by atoms with E-state index in [4.69, 9.17) is 10.8 Å². The van der Waals surface area contributed by atoms with Crippen LogP contribution in [0.5, 0.6) is 5.75 Å². The molecular formula is C9H13ClFNO. The molecule has 74 valence electrons. The number of phenols is 1. The van der Waals surface area contributed by atoms with E-state index < -0.39 is 5.82 Å². The zero-order valence-corrected chi connectivity index (χ0v) is 8.14. The van der Waals surface area contributed by atoms with Gasteiger partial charge in [0.1, 0.15) is 0 Å². The molecule has 0 spiro atoms. The summed E-state index contributed by atoms with van der Waals surface area (Å²) in [4.78, 5) is 0. The van der Waals surface area contributed by atoms with E-state index in [-0.39, 0.29) is 24.2 Å². The van der Waals surface area contributed by atoms with Crippen LogP contribution in [0, 0.1) is 5.82 Å². The van der Waals surface area contributed by atoms with E-state index >= 15 is 0 Å². The lowest BCUT2D eigenvalue weighted by Gasteiger charge is -2.08. The van der Waals surface area contributed by atoms with Crippen LogP contribution in [-0.4, -0.2) is 5.11 Å². The van der Waals surface area contributed by atoms with Gasteiger partial charge < -0.3 is 10.8 Å². The lowest BCUT2D eigenvalue weighted by Crippen LogP contribution is -2.08. The van der Waals surface area contributed by atoms with Crippen molar-refractivity contribution < 1.29 is 9.50 Å². The predicted molar refractivity (Wildman–Crippen MR) is 52.5 cm³/mol. The number of aromatic hydroxyl groups is 1. The Balaban J connectivity index is 0.00000144. The number of benzene rings is 1. The molecule has 0 bridgehead atoms. The van der Waals surface area contributed by atoms with E-state index in [0.717, 1.165) is 6.42 Å². The Morgan fingerprint density at radius 3 is 2.62 bits per heavy atom. The van der Waals surface area contributed by atoms with Crippen molar-refractivity contribution in [3.8, 4) is 5.75 Å². The molecule has 0 aliphatic rings. The molecule has 1 atom stereocenters. The van der Waals surface area contributed by atoms with Crippen LogP contribution in [0.1, 0.15) is 24.9 Å². The van der Waals surface area contributed by atoms with Gasteiger partial charge in [0.2, 0.25) is 0 Å². The van der Waals surface area contributed by atoms with Gasteiger partial charge in [0.05, 0.1) is 0 Å². The number of halogens is 2. The fourth-order valence-electron chi connectivity index (χ4n) is 0.989. The summed E-state index contributed by atoms with van der Waals surface area (Å²) in [5.41, 5.74) is 6.38. The smallest absolute Gasteiger partial charge is 0.165 e. The van der Waals surface area contributed by atoms with Gasteiger partial charge in [-0.3, -0.25) is 0 Å². The second-order valence-corrected chi connectivity index (χ2v) is 2.73. The summed E-state index contributed by atoms with van der Waals surface area (Å²) in [5.74, 6) is -0.946. The highest BCUT2D eigenvalue weighted by Gasteiger charge is 2.06. The van der Waals surface area contributed by atoms with E-state index in [2.05, 4.69) is 0 Å². The van der Waals surface area contributed by atoms with Gasteiger partial charge in [-0.2, -0.15) is 0 Å². The molecule has 0 saturated heterocycles. The van der Waals surface area contributed by atoms with Gasteiger partial charge in [-0.25, -0.2) is 4.39 Å². The molecule has 0 aromatic heterocycles. The summed E-state index contributed by atoms with van der Waals surface area (Å²) in [6, 6.07) is 4.07. The number of rotatable bonds is 2. The van der Waals surface area contributed by atoms with Gasteiger partial charge in [-0.1, -0.05) is 13.0 Å². The summed E-state index contributed by atoms with van der Waals surface area (Å²) in [5, 5.41) is 8.88. The minimum absolute atomic E-state index is 0. The molecule has 0 unspecified atom stereocenters. The average Bonchev–Trinajstić information content (AvgIpc) is 2.08. The first-order valence-electron chi connectivity index (χ1n) is 3.89. The topological polar surface area (TPSA) is 46.2 Å². The van der Waals surface area contributed by atoms with Gasteiger partial charge >= 0.3 is 0 Å². The van der Waals surface area contributed by atoms with Crippen molar-refractivity contribution in [3.63, 3.8) is 0 Å². The Labute approximate surface area is 83.0 Å². The average molecular weight is 206 g/mol. The van der Waals surface area contributed by atoms with E-state index in [9.17, 15) is 4.39 Å². The van der Waals surface area contributed by atoms with Crippen LogP contribution in [-0.2, 0) is 0 Å². The maximum Gasteiger partial charge on any atom is 0.165 e. The lowest BCUT2D eigenvalue weighted by molar-refractivity contribution is 0.431. The molecule has 1 aromatic rings. The minimum atomic E-state index is -0.614. The molecule has 0 aliphatic carbocycles. The van der Waals surface area contributed by atoms with Crippen molar-refractivity contribution in [2.24, 2.45) is 5.73 Å². The normalized spacial score (nSPS) is 11.9. The van der Waals surface area contributed by atoms with Crippen molar-refractivity contribution in [1.29, 1.82) is 0 Å². The Bertz CT molecular complexity index is 280. The van der Waals surface area contributed by atoms with Crippen molar-refractivity contribution in [3.05, 3.63) is 29.6 Å². The van der Waals surface area contributed by atoms with Gasteiger partial charge in [0, 0.05) is 6.04 Å². The van der Waals surface area contributed by atoms with E-state index in [1.807, 2.05) is 6.92 Å². The molecule has 2 nitrogen and oxygen atoms in total. The fraction of sp³-hybridized carbons (Fsp3) is 0.333. The van der Waals surface area contributed by atoms with Crippen molar-refractivity contribution >= 4 is 12.4 Å². The first-order chi connectivity index (χ1) is 5.65. The first kappa shape index (κ1) is 12.2. The Morgan fingerprint density at radius 2 is 2.15 bits per heavy atom. The predicted octanol–water partition coefficient (Wildman–Crippen LogP) is 2.36. The van der Waals surface area contributed by atoms with Crippen LogP contribution in [0.15, 0.2) is 18.2 Å². The summed E-state index contributed by atoms with van der Waals surface area (Å²) in [7, 11) is 0. The molecule has 0 amide bonds. The number of phenolic OH excluding ortho intramolecular Hbond substituents is 1. The molecule has 0 radical (unpaired) electrons. The molecule has 0 heterocycles. The van der Waals surface area contributed by atoms with Gasteiger partial charge in [0.15, 0.2) is 11.6 Å². The largest absolute Gasteiger partial charge is 0.505 e. The van der Waals surface area contributed by atoms with Gasteiger partial charge in [0.25, 0.3) is 0 Å². The van der Waals surface area contributed by atoms with E-state index in [1.165, 1.54) is 12.1 Å². The van der Waals surface area contributed by atoms with Gasteiger partial charge in [-0.05, 0) is 24.1 Å². The summed E-state index contributed by atoms with van der Waals surface area (Å²) in [6.45, 7) is 1.93. The molecule has 1 rings (SSSR count). The zero-order chi connectivity index (χ0) is 9.14. The highest BCUT2D eigenvalue weighted by Crippen LogP contribution is 2.20. The van der Waals surface area contributed by atoms with Crippen LogP contribution in [0.4, 0.5) is 4.39 Å². The summed E-state index contributed by atoms with van der Waals surface area (Å²) < 4.78 is 12.8. The molecule has 1 aromatic carbocycles. The highest BCUT2D eigenvalue weighted by molar-refractivity contribution is 5.85. The maximum atomic E-state index is 12.8. The summed E-state index contributed by atoms with van der Waals surface area (Å²) >= 11 is 0. The molecule has 4 heteroatoms. The number of hydrogen-bond donors (Lipinski definition) is 2. The molecule has 0 fully saturated rings. The van der Waals surface area contributed by atoms with E-state index in [1.54, 1.807) is 6.07 Å². The number of nitrogens with two attached hydrogens (primary N) is 1. The highest BCUT2D eigenvalue weighted by atomic mass is 35.5. The van der Waals surface area contributed by atoms with Crippen LogP contribution < -0.4 is 5.73 Å². The monoisotopic (exact) mass is 205 g/mol. The summed E-state index contributed by atoms with van der Waals surface area (Å²) in [6.07, 6.45) is 0.754. The molecule has 0 saturated carbocycles. The number of hydrogen-bond acceptors (Lipinski definition) is 2. The van der Waals surface area contributed by atoms with Gasteiger partial charge in [-0.15, -0.1) is 12.4 Å². The Morgan fingerprint density at radius 1 is 1.54 bits per heavy atom. The second kappa shape index (κ2) is 5.04. The Hall–Kier alpha value is -0.800. The van der Waals surface area contributed by atoms with Crippen molar-refractivity contribution in [1.82, 2.24) is 0 Å². The third-order valence-corrected chi connectivity index (χ3v) is 1.84. The van der Waals surface area contributed by atoms with Crippen LogP contribution >= 0.6 is 12.4 Å². The maximum absolute atomic E-state index is 12.8. The van der Waals surface area contributed by atoms with Crippen LogP contribution in [0.2, 0.25) is 0 Å². The molecular weight excluding hydrogens is 193 g/mol. The van der Waals surface area contributed by atoms with Crippen molar-refractivity contribution in [2.45, 2.75) is 19.4 Å². The second-order valence-electron chi connectivity index (χ2n) is 2.73. The van der Waals surface area contributed by atoms with Crippen molar-refractivity contribution in [2.75, 3.05) is 0 Å². The Kier molecular flexibility index (Phi) is 4.73. The SMILES string of the molecule is CC[C@@H](N)c1ccc(O)c(F)c1.Cl. The van der Waals surface area contributed by atoms with Crippen LogP contribution in [0.25, 0.3) is 0 Å². The minimum Gasteiger partial charge on any atom is -0.505 e. The molecule has 3 N–H and O–H groups in total. The molecule has 0 aliphatic heterocycles. The zero-order valence-electron chi connectivity index (χ0n) is 7.33. The van der Waals surface area contributed by atoms with Crippen LogP contribution in [0.3, 0.4) is 0 Å². The fourth-order valence-corrected chi connectivity index (χ4v) is 0.989. The lowest BCUT2D eigenvalue weighted by atomic mass is 10.1. The van der Waals surface area contributed by atoms with E-state index in [0.29, 0.717) is 5.56 Å².